The molecule has 1 heterocycles. The van der Waals surface area contributed by atoms with Crippen molar-refractivity contribution in [3.63, 3.8) is 0 Å². The molecule has 0 aliphatic carbocycles. The highest BCUT2D eigenvalue weighted by molar-refractivity contribution is 6.31. The van der Waals surface area contributed by atoms with E-state index in [1.54, 1.807) is 18.2 Å². The van der Waals surface area contributed by atoms with Gasteiger partial charge in [0.1, 0.15) is 6.54 Å². The number of amides is 1. The molecule has 1 amide bonds. The average molecular weight is 381 g/mol. The Hall–Kier alpha value is -3.05. The van der Waals surface area contributed by atoms with Gasteiger partial charge in [0.05, 0.1) is 11.6 Å². The number of hydrogen-bond acceptors (Lipinski definition) is 3. The molecule has 1 aromatic heterocycles. The van der Waals surface area contributed by atoms with E-state index in [2.05, 4.69) is 5.32 Å². The third-order valence-corrected chi connectivity index (χ3v) is 4.83. The Morgan fingerprint density at radius 2 is 1.93 bits per heavy atom. The van der Waals surface area contributed by atoms with Crippen LogP contribution in [0.5, 0.6) is 0 Å². The number of halogens is 1. The number of carbonyl (C=O) groups excluding carboxylic acids is 1. The van der Waals surface area contributed by atoms with Crippen LogP contribution >= 0.6 is 11.6 Å². The molecule has 27 heavy (non-hydrogen) atoms. The number of nitrogens with one attached hydrogen (secondary N) is 1. The first-order valence-electron chi connectivity index (χ1n) is 8.59. The molecule has 1 atom stereocenters. The zero-order valence-electron chi connectivity index (χ0n) is 14.6. The Bertz CT molecular complexity index is 1200. The molecule has 0 bridgehead atoms. The summed E-state index contributed by atoms with van der Waals surface area (Å²) in [5.41, 5.74) is 1.93. The van der Waals surface area contributed by atoms with Crippen LogP contribution in [0.1, 0.15) is 18.5 Å². The van der Waals surface area contributed by atoms with Gasteiger partial charge in [0.15, 0.2) is 5.58 Å². The van der Waals surface area contributed by atoms with Crippen LogP contribution in [0.2, 0.25) is 5.02 Å². The van der Waals surface area contributed by atoms with Gasteiger partial charge in [-0.2, -0.15) is 0 Å². The highest BCUT2D eigenvalue weighted by Gasteiger charge is 2.16. The number of benzene rings is 3. The minimum Gasteiger partial charge on any atom is -0.408 e. The molecule has 0 aliphatic heterocycles. The Morgan fingerprint density at radius 1 is 1.15 bits per heavy atom. The predicted molar refractivity (Wildman–Crippen MR) is 106 cm³/mol. The lowest BCUT2D eigenvalue weighted by atomic mass is 10.00. The number of hydrogen-bond donors (Lipinski definition) is 1. The number of oxazole rings is 1. The standard InChI is InChI=1S/C21H17ClN2O3/c1-13(16-8-4-6-14-5-2-3-7-17(14)16)23-20(25)12-24-18-10-9-15(22)11-19(18)27-21(24)26/h2-11,13H,12H2,1H3,(H,23,25)/t13-/m1/s1. The second kappa shape index (κ2) is 6.93. The largest absolute Gasteiger partial charge is 0.420 e. The van der Waals surface area contributed by atoms with Crippen molar-refractivity contribution >= 4 is 39.4 Å². The van der Waals surface area contributed by atoms with Crippen molar-refractivity contribution in [1.82, 2.24) is 9.88 Å². The van der Waals surface area contributed by atoms with E-state index >= 15 is 0 Å². The molecule has 4 rings (SSSR count). The summed E-state index contributed by atoms with van der Waals surface area (Å²) in [5, 5.41) is 5.64. The molecule has 0 fully saturated rings. The lowest BCUT2D eigenvalue weighted by Gasteiger charge is -2.16. The van der Waals surface area contributed by atoms with Gasteiger partial charge in [-0.1, -0.05) is 54.1 Å². The van der Waals surface area contributed by atoms with Crippen molar-refractivity contribution in [2.24, 2.45) is 0 Å². The summed E-state index contributed by atoms with van der Waals surface area (Å²) < 4.78 is 6.47. The van der Waals surface area contributed by atoms with Crippen LogP contribution in [0, 0.1) is 0 Å². The van der Waals surface area contributed by atoms with Gasteiger partial charge in [0.2, 0.25) is 5.91 Å². The van der Waals surface area contributed by atoms with Gasteiger partial charge in [0, 0.05) is 11.1 Å². The molecule has 1 N–H and O–H groups in total. The van der Waals surface area contributed by atoms with Gasteiger partial charge < -0.3 is 9.73 Å². The van der Waals surface area contributed by atoms with E-state index in [9.17, 15) is 9.59 Å². The summed E-state index contributed by atoms with van der Waals surface area (Å²) in [6, 6.07) is 18.7. The minimum absolute atomic E-state index is 0.122. The maximum atomic E-state index is 12.6. The van der Waals surface area contributed by atoms with Crippen LogP contribution in [0.3, 0.4) is 0 Å². The van der Waals surface area contributed by atoms with E-state index in [0.29, 0.717) is 16.1 Å². The Kier molecular flexibility index (Phi) is 4.46. The highest BCUT2D eigenvalue weighted by Crippen LogP contribution is 2.24. The zero-order valence-corrected chi connectivity index (χ0v) is 15.4. The van der Waals surface area contributed by atoms with E-state index < -0.39 is 5.76 Å². The lowest BCUT2D eigenvalue weighted by Crippen LogP contribution is -2.32. The quantitative estimate of drug-likeness (QED) is 0.574. The van der Waals surface area contributed by atoms with Crippen molar-refractivity contribution < 1.29 is 9.21 Å². The molecule has 0 saturated carbocycles. The molecule has 0 unspecified atom stereocenters. The Morgan fingerprint density at radius 3 is 2.78 bits per heavy atom. The number of aromatic nitrogens is 1. The van der Waals surface area contributed by atoms with Gasteiger partial charge in [-0.25, -0.2) is 4.79 Å². The van der Waals surface area contributed by atoms with Crippen LogP contribution in [0.15, 0.2) is 69.9 Å². The van der Waals surface area contributed by atoms with Crippen molar-refractivity contribution in [3.8, 4) is 0 Å². The first-order valence-corrected chi connectivity index (χ1v) is 8.96. The molecule has 0 aliphatic rings. The van der Waals surface area contributed by atoms with Gasteiger partial charge in [-0.05, 0) is 35.4 Å². The summed E-state index contributed by atoms with van der Waals surface area (Å²) >= 11 is 5.92. The molecule has 0 saturated heterocycles. The second-order valence-corrected chi connectivity index (χ2v) is 6.86. The van der Waals surface area contributed by atoms with Crippen molar-refractivity contribution in [3.05, 3.63) is 81.8 Å². The van der Waals surface area contributed by atoms with Gasteiger partial charge in [-0.3, -0.25) is 9.36 Å². The van der Waals surface area contributed by atoms with E-state index in [4.69, 9.17) is 16.0 Å². The van der Waals surface area contributed by atoms with Crippen molar-refractivity contribution in [2.75, 3.05) is 0 Å². The van der Waals surface area contributed by atoms with Crippen LogP contribution in [0.4, 0.5) is 0 Å². The predicted octanol–water partition coefficient (Wildman–Crippen LogP) is 4.28. The van der Waals surface area contributed by atoms with E-state index in [1.165, 1.54) is 4.57 Å². The molecule has 0 spiro atoms. The summed E-state index contributed by atoms with van der Waals surface area (Å²) in [4.78, 5) is 24.6. The SMILES string of the molecule is C[C@@H](NC(=O)Cn1c(=O)oc2cc(Cl)ccc21)c1cccc2ccccc12. The molecule has 0 radical (unpaired) electrons. The second-order valence-electron chi connectivity index (χ2n) is 6.42. The topological polar surface area (TPSA) is 64.2 Å². The fourth-order valence-electron chi connectivity index (χ4n) is 3.33. The van der Waals surface area contributed by atoms with Gasteiger partial charge in [0.25, 0.3) is 0 Å². The number of carbonyl (C=O) groups is 1. The molecular formula is C21H17ClN2O3. The number of fused-ring (bicyclic) bond motifs is 2. The average Bonchev–Trinajstić information content (AvgIpc) is 2.95. The minimum atomic E-state index is -0.583. The smallest absolute Gasteiger partial charge is 0.408 e. The normalized spacial score (nSPS) is 12.4. The van der Waals surface area contributed by atoms with Crippen LogP contribution in [-0.4, -0.2) is 10.5 Å². The van der Waals surface area contributed by atoms with Crippen molar-refractivity contribution in [1.29, 1.82) is 0 Å². The maximum absolute atomic E-state index is 12.6. The van der Waals surface area contributed by atoms with Crippen LogP contribution in [-0.2, 0) is 11.3 Å². The summed E-state index contributed by atoms with van der Waals surface area (Å²) in [5.74, 6) is -0.851. The number of rotatable bonds is 4. The van der Waals surface area contributed by atoms with Gasteiger partial charge >= 0.3 is 5.76 Å². The summed E-state index contributed by atoms with van der Waals surface area (Å²) in [6.07, 6.45) is 0. The summed E-state index contributed by atoms with van der Waals surface area (Å²) in [6.45, 7) is 1.80. The third-order valence-electron chi connectivity index (χ3n) is 4.60. The fraction of sp³-hybridized carbons (Fsp3) is 0.143. The molecule has 4 aromatic rings. The van der Waals surface area contributed by atoms with E-state index in [1.807, 2.05) is 49.4 Å². The fourth-order valence-corrected chi connectivity index (χ4v) is 3.49. The first kappa shape index (κ1) is 17.4. The lowest BCUT2D eigenvalue weighted by molar-refractivity contribution is -0.122. The summed E-state index contributed by atoms with van der Waals surface area (Å²) in [7, 11) is 0. The third kappa shape index (κ3) is 3.34. The number of nitrogens with zero attached hydrogens (tertiary/aromatic N) is 1. The monoisotopic (exact) mass is 380 g/mol. The van der Waals surface area contributed by atoms with E-state index in [0.717, 1.165) is 16.3 Å². The van der Waals surface area contributed by atoms with E-state index in [-0.39, 0.29) is 18.5 Å². The zero-order chi connectivity index (χ0) is 19.0. The Labute approximate surface area is 160 Å². The molecule has 5 nitrogen and oxygen atoms in total. The molecule has 6 heteroatoms. The highest BCUT2D eigenvalue weighted by atomic mass is 35.5. The molecule has 136 valence electrons. The van der Waals surface area contributed by atoms with Crippen LogP contribution < -0.4 is 11.1 Å². The maximum Gasteiger partial charge on any atom is 0.420 e. The molecular weight excluding hydrogens is 364 g/mol. The Balaban J connectivity index is 1.58. The van der Waals surface area contributed by atoms with Crippen LogP contribution in [0.25, 0.3) is 21.9 Å². The first-order chi connectivity index (χ1) is 13.0. The van der Waals surface area contributed by atoms with Crippen molar-refractivity contribution in [2.45, 2.75) is 19.5 Å². The van der Waals surface area contributed by atoms with Gasteiger partial charge in [-0.15, -0.1) is 0 Å². The molecule has 3 aromatic carbocycles.